The van der Waals surface area contributed by atoms with Gasteiger partial charge in [-0.3, -0.25) is 14.9 Å². The van der Waals surface area contributed by atoms with Gasteiger partial charge in [0.1, 0.15) is 0 Å². The van der Waals surface area contributed by atoms with Crippen LogP contribution in [-0.2, 0) is 9.63 Å². The highest BCUT2D eigenvalue weighted by Crippen LogP contribution is 2.03. The number of nitro groups is 1. The maximum Gasteiger partial charge on any atom is 0.330 e. The molecule has 14 heavy (non-hydrogen) atoms. The highest BCUT2D eigenvalue weighted by atomic mass is 17.0. The van der Waals surface area contributed by atoms with Gasteiger partial charge in [0.2, 0.25) is 6.54 Å². The zero-order valence-corrected chi connectivity index (χ0v) is 7.34. The molecule has 0 aliphatic rings. The van der Waals surface area contributed by atoms with Crippen molar-refractivity contribution in [3.8, 4) is 0 Å². The third-order valence-electron chi connectivity index (χ3n) is 1.29. The first-order chi connectivity index (χ1) is 6.47. The summed E-state index contributed by atoms with van der Waals surface area (Å²) >= 11 is 0. The first kappa shape index (κ1) is 12.0. The molecule has 0 spiro atoms. The summed E-state index contributed by atoms with van der Waals surface area (Å²) in [6.07, 6.45) is 1.13. The molecule has 0 amide bonds. The summed E-state index contributed by atoms with van der Waals surface area (Å²) in [6, 6.07) is 0. The molecule has 0 saturated heterocycles. The van der Waals surface area contributed by atoms with Gasteiger partial charge >= 0.3 is 11.1 Å². The molecule has 0 radical (unpaired) electrons. The van der Waals surface area contributed by atoms with Crippen LogP contribution in [0.5, 0.6) is 0 Å². The smallest absolute Gasteiger partial charge is 0.264 e. The van der Waals surface area contributed by atoms with E-state index in [4.69, 9.17) is 0 Å². The molecule has 0 heterocycles. The van der Waals surface area contributed by atoms with Crippen LogP contribution in [0.2, 0.25) is 0 Å². The molecule has 0 atom stereocenters. The summed E-state index contributed by atoms with van der Waals surface area (Å²) in [6.45, 7) is 0.975. The van der Waals surface area contributed by atoms with Crippen LogP contribution >= 0.6 is 0 Å². The van der Waals surface area contributed by atoms with Gasteiger partial charge in [0, 0.05) is 10.5 Å². The lowest BCUT2D eigenvalue weighted by Gasteiger charge is -1.98. The van der Waals surface area contributed by atoms with Crippen molar-refractivity contribution >= 4 is 5.97 Å². The summed E-state index contributed by atoms with van der Waals surface area (Å²) in [5.74, 6) is -1.17. The third kappa shape index (κ3) is 4.80. The summed E-state index contributed by atoms with van der Waals surface area (Å²) in [4.78, 5) is 33.5. The van der Waals surface area contributed by atoms with Gasteiger partial charge in [-0.1, -0.05) is 6.92 Å². The zero-order chi connectivity index (χ0) is 11.1. The fourth-order valence-corrected chi connectivity index (χ4v) is 0.683. The topological polar surface area (TPSA) is 113 Å². The van der Waals surface area contributed by atoms with Gasteiger partial charge in [0.15, 0.2) is 0 Å². The number of carbonyl (C=O) groups excluding carboxylic acids is 1. The van der Waals surface area contributed by atoms with E-state index in [1.807, 2.05) is 0 Å². The van der Waals surface area contributed by atoms with Crippen molar-refractivity contribution in [3.63, 3.8) is 0 Å². The minimum atomic E-state index is -1.25. The van der Waals surface area contributed by atoms with Crippen molar-refractivity contribution in [1.82, 2.24) is 0 Å². The predicted molar refractivity (Wildman–Crippen MR) is 43.3 cm³/mol. The van der Waals surface area contributed by atoms with E-state index < -0.39 is 22.5 Å². The largest absolute Gasteiger partial charge is 0.330 e. The molecule has 0 N–H and O–H groups in total. The molecule has 78 valence electrons. The van der Waals surface area contributed by atoms with Crippen molar-refractivity contribution in [2.75, 3.05) is 6.54 Å². The highest BCUT2D eigenvalue weighted by molar-refractivity contribution is 5.87. The molecular weight excluding hydrogens is 196 g/mol. The Bertz CT molecular complexity index is 284. The Morgan fingerprint density at radius 2 is 2.00 bits per heavy atom. The average molecular weight is 204 g/mol. The maximum atomic E-state index is 10.8. The van der Waals surface area contributed by atoms with Crippen LogP contribution in [0.4, 0.5) is 0 Å². The second-order valence-electron chi connectivity index (χ2n) is 2.20. The number of hydrogen-bond acceptors (Lipinski definition) is 6. The molecule has 8 nitrogen and oxygen atoms in total. The fraction of sp³-hybridized carbons (Fsp3) is 0.500. The minimum absolute atomic E-state index is 0.0848. The van der Waals surface area contributed by atoms with Crippen LogP contribution in [0, 0.1) is 20.2 Å². The van der Waals surface area contributed by atoms with E-state index in [0.29, 0.717) is 0 Å². The predicted octanol–water partition coefficient (Wildman–Crippen LogP) is 0.334. The van der Waals surface area contributed by atoms with Gasteiger partial charge in [0.25, 0.3) is 0 Å². The Morgan fingerprint density at radius 3 is 2.36 bits per heavy atom. The fourth-order valence-electron chi connectivity index (χ4n) is 0.683. The molecule has 0 aromatic rings. The Labute approximate surface area is 78.4 Å². The Balaban J connectivity index is 4.39. The van der Waals surface area contributed by atoms with Crippen molar-refractivity contribution in [3.05, 3.63) is 31.9 Å². The number of hydrogen-bond donors (Lipinski definition) is 0. The van der Waals surface area contributed by atoms with Gasteiger partial charge in [-0.2, -0.15) is 0 Å². The summed E-state index contributed by atoms with van der Waals surface area (Å²) in [5.41, 5.74) is -0.0848. The first-order valence-electron chi connectivity index (χ1n) is 3.64. The maximum absolute atomic E-state index is 10.8. The average Bonchev–Trinajstić information content (AvgIpc) is 2.03. The van der Waals surface area contributed by atoms with Gasteiger partial charge in [-0.15, -0.1) is 10.1 Å². The summed E-state index contributed by atoms with van der Waals surface area (Å²) in [7, 11) is 0. The molecule has 0 bridgehead atoms. The van der Waals surface area contributed by atoms with E-state index >= 15 is 0 Å². The van der Waals surface area contributed by atoms with Crippen molar-refractivity contribution < 1.29 is 19.6 Å². The van der Waals surface area contributed by atoms with Gasteiger partial charge in [-0.25, -0.2) is 4.84 Å². The van der Waals surface area contributed by atoms with Crippen molar-refractivity contribution in [1.29, 1.82) is 0 Å². The second-order valence-corrected chi connectivity index (χ2v) is 2.20. The highest BCUT2D eigenvalue weighted by Gasteiger charge is 2.12. The second kappa shape index (κ2) is 5.62. The SMILES string of the molecule is CC/C(=C\C[N+](=O)[O-])C(=O)O[N+](=O)[O-]. The normalized spacial score (nSPS) is 10.8. The van der Waals surface area contributed by atoms with E-state index in [9.17, 15) is 25.0 Å². The van der Waals surface area contributed by atoms with Crippen LogP contribution in [0.1, 0.15) is 13.3 Å². The van der Waals surface area contributed by atoms with Crippen LogP contribution in [0.3, 0.4) is 0 Å². The lowest BCUT2D eigenvalue weighted by atomic mass is 10.2. The molecule has 0 rings (SSSR count). The molecule has 0 aromatic heterocycles. The molecule has 0 aromatic carbocycles. The molecule has 0 fully saturated rings. The molecule has 0 saturated carbocycles. The van der Waals surface area contributed by atoms with Crippen molar-refractivity contribution in [2.45, 2.75) is 13.3 Å². The lowest BCUT2D eigenvalue weighted by molar-refractivity contribution is -0.728. The van der Waals surface area contributed by atoms with Crippen LogP contribution < -0.4 is 0 Å². The minimum Gasteiger partial charge on any atom is -0.264 e. The number of carbonyl (C=O) groups is 1. The summed E-state index contributed by atoms with van der Waals surface area (Å²) in [5, 5.41) is 18.5. The first-order valence-corrected chi connectivity index (χ1v) is 3.64. The van der Waals surface area contributed by atoms with Gasteiger partial charge < -0.3 is 0 Å². The van der Waals surface area contributed by atoms with Crippen LogP contribution in [0.15, 0.2) is 11.6 Å². The Morgan fingerprint density at radius 1 is 1.43 bits per heavy atom. The molecular formula is C6H8N2O6. The molecule has 8 heteroatoms. The standard InChI is InChI=1S/C6H8N2O6/c1-2-5(3-4-7(10)11)6(9)14-8(12)13/h3H,2,4H2,1H3/b5-3+. The van der Waals surface area contributed by atoms with E-state index in [0.717, 1.165) is 6.08 Å². The number of rotatable bonds is 5. The van der Waals surface area contributed by atoms with E-state index in [2.05, 4.69) is 4.84 Å². The third-order valence-corrected chi connectivity index (χ3v) is 1.29. The molecule has 0 aliphatic heterocycles. The van der Waals surface area contributed by atoms with E-state index in [1.54, 1.807) is 0 Å². The van der Waals surface area contributed by atoms with Crippen molar-refractivity contribution in [2.24, 2.45) is 0 Å². The Hall–Kier alpha value is -1.99. The summed E-state index contributed by atoms with van der Waals surface area (Å²) < 4.78 is 0. The molecule has 0 unspecified atom stereocenters. The van der Waals surface area contributed by atoms with Crippen LogP contribution in [0.25, 0.3) is 0 Å². The quantitative estimate of drug-likeness (QED) is 0.362. The zero-order valence-electron chi connectivity index (χ0n) is 7.34. The van der Waals surface area contributed by atoms with Gasteiger partial charge in [0.05, 0.1) is 0 Å². The molecule has 0 aliphatic carbocycles. The van der Waals surface area contributed by atoms with Gasteiger partial charge in [-0.05, 0) is 12.5 Å². The lowest BCUT2D eigenvalue weighted by Crippen LogP contribution is -2.13. The van der Waals surface area contributed by atoms with Crippen LogP contribution in [-0.4, -0.2) is 22.5 Å². The van der Waals surface area contributed by atoms with E-state index in [-0.39, 0.29) is 12.0 Å². The monoisotopic (exact) mass is 204 g/mol. The Kier molecular flexibility index (Phi) is 4.82. The van der Waals surface area contributed by atoms with E-state index in [1.165, 1.54) is 6.92 Å². The number of nitrogens with zero attached hydrogens (tertiary/aromatic N) is 2.